The predicted molar refractivity (Wildman–Crippen MR) is 49.3 cm³/mol. The van der Waals surface area contributed by atoms with Crippen LogP contribution in [0.25, 0.3) is 0 Å². The summed E-state index contributed by atoms with van der Waals surface area (Å²) >= 11 is 0. The standard InChI is InChI=1S/C10H17NO2/c12-8-13-10-5-9-3-1-2-4-11(6-9)7-10/h8-10H,1-7H2. The fourth-order valence-electron chi connectivity index (χ4n) is 2.59. The van der Waals surface area contributed by atoms with Gasteiger partial charge >= 0.3 is 0 Å². The molecule has 2 bridgehead atoms. The van der Waals surface area contributed by atoms with E-state index in [-0.39, 0.29) is 6.10 Å². The Labute approximate surface area is 79.0 Å². The normalized spacial score (nSPS) is 39.2. The van der Waals surface area contributed by atoms with Gasteiger partial charge in [-0.05, 0) is 31.7 Å². The smallest absolute Gasteiger partial charge is 0.293 e. The van der Waals surface area contributed by atoms with Crippen molar-refractivity contribution < 1.29 is 9.53 Å². The fourth-order valence-corrected chi connectivity index (χ4v) is 2.59. The van der Waals surface area contributed by atoms with Gasteiger partial charge in [0.2, 0.25) is 0 Å². The second-order valence-electron chi connectivity index (χ2n) is 4.21. The number of piperidine rings is 1. The molecule has 2 aliphatic heterocycles. The Bertz CT molecular complexity index is 170. The van der Waals surface area contributed by atoms with E-state index in [4.69, 9.17) is 4.74 Å². The Kier molecular flexibility index (Phi) is 2.83. The van der Waals surface area contributed by atoms with Gasteiger partial charge in [0.1, 0.15) is 6.10 Å². The maximum Gasteiger partial charge on any atom is 0.293 e. The summed E-state index contributed by atoms with van der Waals surface area (Å²) in [5.41, 5.74) is 0. The summed E-state index contributed by atoms with van der Waals surface area (Å²) in [6.45, 7) is 3.96. The van der Waals surface area contributed by atoms with Crippen LogP contribution < -0.4 is 0 Å². The molecule has 13 heavy (non-hydrogen) atoms. The SMILES string of the molecule is O=COC1CC2CCCCN(C2)C1. The second kappa shape index (κ2) is 4.09. The minimum absolute atomic E-state index is 0.161. The first-order valence-electron chi connectivity index (χ1n) is 5.20. The molecule has 2 heterocycles. The fraction of sp³-hybridized carbons (Fsp3) is 0.900. The minimum Gasteiger partial charge on any atom is -0.463 e. The molecule has 0 aromatic carbocycles. The van der Waals surface area contributed by atoms with Crippen LogP contribution in [0, 0.1) is 5.92 Å². The highest BCUT2D eigenvalue weighted by molar-refractivity contribution is 5.37. The Morgan fingerprint density at radius 3 is 3.08 bits per heavy atom. The van der Waals surface area contributed by atoms with E-state index in [1.165, 1.54) is 32.4 Å². The summed E-state index contributed by atoms with van der Waals surface area (Å²) in [7, 11) is 0. The maximum atomic E-state index is 10.2. The molecule has 0 spiro atoms. The third-order valence-corrected chi connectivity index (χ3v) is 3.16. The largest absolute Gasteiger partial charge is 0.463 e. The number of carbonyl (C=O) groups excluding carboxylic acids is 1. The molecule has 2 aliphatic rings. The lowest BCUT2D eigenvalue weighted by molar-refractivity contribution is -0.137. The first kappa shape index (κ1) is 9.00. The maximum absolute atomic E-state index is 10.2. The van der Waals surface area contributed by atoms with Gasteiger partial charge < -0.3 is 4.74 Å². The van der Waals surface area contributed by atoms with Crippen LogP contribution in [0.1, 0.15) is 25.7 Å². The molecule has 3 atom stereocenters. The van der Waals surface area contributed by atoms with Crippen molar-refractivity contribution in [3.8, 4) is 0 Å². The first-order chi connectivity index (χ1) is 6.38. The van der Waals surface area contributed by atoms with Gasteiger partial charge in [0.15, 0.2) is 0 Å². The number of hydrogen-bond donors (Lipinski definition) is 0. The molecule has 0 radical (unpaired) electrons. The van der Waals surface area contributed by atoms with Gasteiger partial charge in [-0.25, -0.2) is 0 Å². The van der Waals surface area contributed by atoms with E-state index in [1.54, 1.807) is 0 Å². The van der Waals surface area contributed by atoms with Gasteiger partial charge in [-0.2, -0.15) is 0 Å². The van der Waals surface area contributed by atoms with Crippen LogP contribution in [-0.2, 0) is 9.53 Å². The van der Waals surface area contributed by atoms with Crippen molar-refractivity contribution in [3.05, 3.63) is 0 Å². The molecule has 0 aliphatic carbocycles. The number of hydrogen-bond acceptors (Lipinski definition) is 3. The molecule has 3 nitrogen and oxygen atoms in total. The molecule has 2 saturated heterocycles. The molecule has 2 fully saturated rings. The Morgan fingerprint density at radius 1 is 1.31 bits per heavy atom. The number of ether oxygens (including phenoxy) is 1. The predicted octanol–water partition coefficient (Wildman–Crippen LogP) is 1.03. The van der Waals surface area contributed by atoms with Crippen LogP contribution in [0.5, 0.6) is 0 Å². The van der Waals surface area contributed by atoms with Crippen molar-refractivity contribution in [2.45, 2.75) is 31.8 Å². The molecule has 0 aromatic heterocycles. The van der Waals surface area contributed by atoms with E-state index >= 15 is 0 Å². The van der Waals surface area contributed by atoms with Crippen LogP contribution in [0.15, 0.2) is 0 Å². The van der Waals surface area contributed by atoms with Gasteiger partial charge in [0.05, 0.1) is 0 Å². The highest BCUT2D eigenvalue weighted by Gasteiger charge is 2.29. The molecule has 0 N–H and O–H groups in total. The van der Waals surface area contributed by atoms with Crippen LogP contribution in [0.4, 0.5) is 0 Å². The molecule has 74 valence electrons. The summed E-state index contributed by atoms with van der Waals surface area (Å²) in [6.07, 6.45) is 5.21. The molecule has 0 saturated carbocycles. The quantitative estimate of drug-likeness (QED) is 0.599. The van der Waals surface area contributed by atoms with Crippen LogP contribution >= 0.6 is 0 Å². The zero-order chi connectivity index (χ0) is 9.10. The molecule has 0 amide bonds. The van der Waals surface area contributed by atoms with E-state index in [1.807, 2.05) is 0 Å². The van der Waals surface area contributed by atoms with Gasteiger partial charge in [0, 0.05) is 13.1 Å². The molecule has 0 aromatic rings. The average molecular weight is 183 g/mol. The number of rotatable bonds is 2. The van der Waals surface area contributed by atoms with E-state index in [2.05, 4.69) is 4.90 Å². The summed E-state index contributed by atoms with van der Waals surface area (Å²) in [5, 5.41) is 0. The molecule has 3 unspecified atom stereocenters. The van der Waals surface area contributed by atoms with Gasteiger partial charge in [0.25, 0.3) is 6.47 Å². The molecule has 2 rings (SSSR count). The van der Waals surface area contributed by atoms with Crippen LogP contribution in [0.3, 0.4) is 0 Å². The molecular formula is C10H17NO2. The summed E-state index contributed by atoms with van der Waals surface area (Å²) < 4.78 is 5.05. The van der Waals surface area contributed by atoms with Crippen molar-refractivity contribution in [1.29, 1.82) is 0 Å². The van der Waals surface area contributed by atoms with Crippen LogP contribution in [0.2, 0.25) is 0 Å². The van der Waals surface area contributed by atoms with E-state index in [9.17, 15) is 4.79 Å². The minimum atomic E-state index is 0.161. The number of nitrogens with zero attached hydrogens (tertiary/aromatic N) is 1. The molecule has 3 heteroatoms. The Hall–Kier alpha value is -0.570. The highest BCUT2D eigenvalue weighted by Crippen LogP contribution is 2.26. The molecular weight excluding hydrogens is 166 g/mol. The lowest BCUT2D eigenvalue weighted by Gasteiger charge is -2.34. The van der Waals surface area contributed by atoms with E-state index in [0.717, 1.165) is 18.9 Å². The number of fused-ring (bicyclic) bond motifs is 2. The highest BCUT2D eigenvalue weighted by atomic mass is 16.5. The van der Waals surface area contributed by atoms with Crippen molar-refractivity contribution in [2.75, 3.05) is 19.6 Å². The van der Waals surface area contributed by atoms with Crippen molar-refractivity contribution >= 4 is 6.47 Å². The Morgan fingerprint density at radius 2 is 2.23 bits per heavy atom. The van der Waals surface area contributed by atoms with Crippen molar-refractivity contribution in [2.24, 2.45) is 5.92 Å². The van der Waals surface area contributed by atoms with Gasteiger partial charge in [-0.3, -0.25) is 9.69 Å². The van der Waals surface area contributed by atoms with E-state index < -0.39 is 0 Å². The van der Waals surface area contributed by atoms with Gasteiger partial charge in [-0.1, -0.05) is 6.42 Å². The van der Waals surface area contributed by atoms with Crippen molar-refractivity contribution in [1.82, 2.24) is 4.90 Å². The zero-order valence-corrected chi connectivity index (χ0v) is 7.95. The lowest BCUT2D eigenvalue weighted by atomic mass is 9.93. The monoisotopic (exact) mass is 183 g/mol. The summed E-state index contributed by atoms with van der Waals surface area (Å²) in [5.74, 6) is 0.765. The van der Waals surface area contributed by atoms with Gasteiger partial charge in [-0.15, -0.1) is 0 Å². The zero-order valence-electron chi connectivity index (χ0n) is 7.95. The summed E-state index contributed by atoms with van der Waals surface area (Å²) in [4.78, 5) is 12.7. The number of carbonyl (C=O) groups is 1. The third kappa shape index (κ3) is 2.21. The first-order valence-corrected chi connectivity index (χ1v) is 5.20. The van der Waals surface area contributed by atoms with E-state index in [0.29, 0.717) is 6.47 Å². The van der Waals surface area contributed by atoms with Crippen molar-refractivity contribution in [3.63, 3.8) is 0 Å². The second-order valence-corrected chi connectivity index (χ2v) is 4.21. The third-order valence-electron chi connectivity index (χ3n) is 3.16. The summed E-state index contributed by atoms with van der Waals surface area (Å²) in [6, 6.07) is 0. The average Bonchev–Trinajstić information content (AvgIpc) is 2.28. The van der Waals surface area contributed by atoms with Crippen LogP contribution in [-0.4, -0.2) is 37.1 Å². The Balaban J connectivity index is 1.94. The lowest BCUT2D eigenvalue weighted by Crippen LogP contribution is -2.43. The topological polar surface area (TPSA) is 29.5 Å².